The largest absolute Gasteiger partial charge is 0.389 e. The molecular formula is C16H29NO2S. The molecule has 0 aliphatic rings. The van der Waals surface area contributed by atoms with Gasteiger partial charge in [0.25, 0.3) is 0 Å². The first kappa shape index (κ1) is 17.6. The van der Waals surface area contributed by atoms with Crippen LogP contribution in [-0.4, -0.2) is 37.0 Å². The molecule has 1 aromatic rings. The van der Waals surface area contributed by atoms with E-state index in [1.54, 1.807) is 11.3 Å². The summed E-state index contributed by atoms with van der Waals surface area (Å²) in [4.78, 5) is 0. The molecule has 20 heavy (non-hydrogen) atoms. The number of rotatable bonds is 12. The Labute approximate surface area is 127 Å². The Bertz CT molecular complexity index is 316. The van der Waals surface area contributed by atoms with Crippen molar-refractivity contribution in [1.82, 2.24) is 5.32 Å². The zero-order valence-electron chi connectivity index (χ0n) is 12.8. The molecule has 1 aromatic heterocycles. The van der Waals surface area contributed by atoms with Crippen LogP contribution in [0, 0.1) is 0 Å². The zero-order valence-corrected chi connectivity index (χ0v) is 13.6. The Morgan fingerprint density at radius 2 is 2.20 bits per heavy atom. The molecule has 0 bridgehead atoms. The molecule has 0 amide bonds. The Hall–Kier alpha value is -0.420. The molecule has 2 atom stereocenters. The van der Waals surface area contributed by atoms with Gasteiger partial charge in [-0.3, -0.25) is 0 Å². The van der Waals surface area contributed by atoms with Crippen LogP contribution in [0.1, 0.15) is 45.1 Å². The summed E-state index contributed by atoms with van der Waals surface area (Å²) in [5.41, 5.74) is 1.36. The van der Waals surface area contributed by atoms with Gasteiger partial charge in [0.2, 0.25) is 0 Å². The normalized spacial score (nSPS) is 14.3. The van der Waals surface area contributed by atoms with E-state index >= 15 is 0 Å². The number of unbranched alkanes of at least 4 members (excludes halogenated alkanes) is 3. The van der Waals surface area contributed by atoms with Crippen LogP contribution in [0.3, 0.4) is 0 Å². The monoisotopic (exact) mass is 299 g/mol. The van der Waals surface area contributed by atoms with Crippen LogP contribution in [0.15, 0.2) is 16.8 Å². The molecule has 0 saturated carbocycles. The van der Waals surface area contributed by atoms with Gasteiger partial charge in [-0.1, -0.05) is 26.2 Å². The highest BCUT2D eigenvalue weighted by Gasteiger charge is 2.08. The van der Waals surface area contributed by atoms with E-state index in [-0.39, 0.29) is 0 Å². The Kier molecular flexibility index (Phi) is 9.93. The van der Waals surface area contributed by atoms with Crippen LogP contribution < -0.4 is 5.32 Å². The smallest absolute Gasteiger partial charge is 0.0897 e. The SMILES string of the molecule is CCCCCCOCC(O)CNC(C)Cc1ccsc1. The van der Waals surface area contributed by atoms with E-state index in [2.05, 4.69) is 36.0 Å². The van der Waals surface area contributed by atoms with Gasteiger partial charge in [-0.05, 0) is 42.2 Å². The lowest BCUT2D eigenvalue weighted by molar-refractivity contribution is 0.0344. The highest BCUT2D eigenvalue weighted by Crippen LogP contribution is 2.08. The van der Waals surface area contributed by atoms with E-state index < -0.39 is 6.10 Å². The number of nitrogens with one attached hydrogen (secondary N) is 1. The van der Waals surface area contributed by atoms with Gasteiger partial charge < -0.3 is 15.2 Å². The maximum Gasteiger partial charge on any atom is 0.0897 e. The second kappa shape index (κ2) is 11.3. The fourth-order valence-electron chi connectivity index (χ4n) is 2.08. The van der Waals surface area contributed by atoms with Gasteiger partial charge in [0.15, 0.2) is 0 Å². The first-order chi connectivity index (χ1) is 9.72. The summed E-state index contributed by atoms with van der Waals surface area (Å²) in [5.74, 6) is 0. The van der Waals surface area contributed by atoms with Crippen molar-refractivity contribution >= 4 is 11.3 Å². The number of thiophene rings is 1. The van der Waals surface area contributed by atoms with Gasteiger partial charge in [0.1, 0.15) is 0 Å². The molecule has 4 heteroatoms. The summed E-state index contributed by atoms with van der Waals surface area (Å²) in [6, 6.07) is 2.53. The molecule has 1 rings (SSSR count). The van der Waals surface area contributed by atoms with E-state index in [4.69, 9.17) is 4.74 Å². The highest BCUT2D eigenvalue weighted by atomic mass is 32.1. The van der Waals surface area contributed by atoms with E-state index in [0.717, 1.165) is 19.4 Å². The summed E-state index contributed by atoms with van der Waals surface area (Å²) in [6.07, 6.45) is 5.44. The lowest BCUT2D eigenvalue weighted by atomic mass is 10.1. The van der Waals surface area contributed by atoms with Crippen LogP contribution in [0.25, 0.3) is 0 Å². The Morgan fingerprint density at radius 1 is 1.35 bits per heavy atom. The van der Waals surface area contributed by atoms with E-state index in [1.165, 1.54) is 24.8 Å². The molecule has 0 saturated heterocycles. The molecule has 0 radical (unpaired) electrons. The quantitative estimate of drug-likeness (QED) is 0.582. The summed E-state index contributed by atoms with van der Waals surface area (Å²) < 4.78 is 5.49. The zero-order chi connectivity index (χ0) is 14.6. The number of hydrogen-bond donors (Lipinski definition) is 2. The third-order valence-corrected chi connectivity index (χ3v) is 4.01. The van der Waals surface area contributed by atoms with E-state index in [1.807, 2.05) is 0 Å². The highest BCUT2D eigenvalue weighted by molar-refractivity contribution is 7.07. The van der Waals surface area contributed by atoms with Crippen molar-refractivity contribution in [2.75, 3.05) is 19.8 Å². The predicted octanol–water partition coefficient (Wildman–Crippen LogP) is 3.23. The second-order valence-corrected chi connectivity index (χ2v) is 6.21. The lowest BCUT2D eigenvalue weighted by Gasteiger charge is -2.17. The summed E-state index contributed by atoms with van der Waals surface area (Å²) in [6.45, 7) is 6.15. The molecule has 116 valence electrons. The molecular weight excluding hydrogens is 270 g/mol. The molecule has 2 unspecified atom stereocenters. The minimum Gasteiger partial charge on any atom is -0.389 e. The maximum absolute atomic E-state index is 9.84. The molecule has 2 N–H and O–H groups in total. The molecule has 0 aliphatic heterocycles. The van der Waals surface area contributed by atoms with Crippen LogP contribution >= 0.6 is 11.3 Å². The van der Waals surface area contributed by atoms with Gasteiger partial charge in [0.05, 0.1) is 12.7 Å². The van der Waals surface area contributed by atoms with Gasteiger partial charge in [0, 0.05) is 19.2 Å². The molecule has 0 aromatic carbocycles. The van der Waals surface area contributed by atoms with E-state index in [0.29, 0.717) is 19.2 Å². The van der Waals surface area contributed by atoms with Gasteiger partial charge in [-0.15, -0.1) is 0 Å². The standard InChI is InChI=1S/C16H29NO2S/c1-3-4-5-6-8-19-12-16(18)11-17-14(2)10-15-7-9-20-13-15/h7,9,13-14,16-18H,3-6,8,10-12H2,1-2H3. The Balaban J connectivity index is 1.97. The summed E-state index contributed by atoms with van der Waals surface area (Å²) >= 11 is 1.73. The minimum atomic E-state index is -0.411. The van der Waals surface area contributed by atoms with Crippen molar-refractivity contribution < 1.29 is 9.84 Å². The van der Waals surface area contributed by atoms with Crippen LogP contribution in [0.4, 0.5) is 0 Å². The average Bonchev–Trinajstić information content (AvgIpc) is 2.93. The van der Waals surface area contributed by atoms with Crippen molar-refractivity contribution in [3.63, 3.8) is 0 Å². The first-order valence-electron chi connectivity index (χ1n) is 7.72. The third kappa shape index (κ3) is 8.69. The topological polar surface area (TPSA) is 41.5 Å². The lowest BCUT2D eigenvalue weighted by Crippen LogP contribution is -2.37. The van der Waals surface area contributed by atoms with Crippen molar-refractivity contribution in [1.29, 1.82) is 0 Å². The number of ether oxygens (including phenoxy) is 1. The predicted molar refractivity (Wildman–Crippen MR) is 86.5 cm³/mol. The maximum atomic E-state index is 9.84. The number of aliphatic hydroxyl groups is 1. The van der Waals surface area contributed by atoms with Gasteiger partial charge >= 0.3 is 0 Å². The van der Waals surface area contributed by atoms with Crippen molar-refractivity contribution in [2.45, 2.75) is 58.1 Å². The fourth-order valence-corrected chi connectivity index (χ4v) is 2.76. The summed E-state index contributed by atoms with van der Waals surface area (Å²) in [5, 5.41) is 17.5. The van der Waals surface area contributed by atoms with Crippen LogP contribution in [0.5, 0.6) is 0 Å². The second-order valence-electron chi connectivity index (χ2n) is 5.43. The van der Waals surface area contributed by atoms with Crippen molar-refractivity contribution in [3.05, 3.63) is 22.4 Å². The molecule has 1 heterocycles. The molecule has 0 spiro atoms. The third-order valence-electron chi connectivity index (χ3n) is 3.28. The first-order valence-corrected chi connectivity index (χ1v) is 8.67. The van der Waals surface area contributed by atoms with E-state index in [9.17, 15) is 5.11 Å². The van der Waals surface area contributed by atoms with Gasteiger partial charge in [-0.25, -0.2) is 0 Å². The number of aliphatic hydroxyl groups excluding tert-OH is 1. The number of hydrogen-bond acceptors (Lipinski definition) is 4. The van der Waals surface area contributed by atoms with Crippen LogP contribution in [0.2, 0.25) is 0 Å². The Morgan fingerprint density at radius 3 is 2.90 bits per heavy atom. The van der Waals surface area contributed by atoms with Crippen molar-refractivity contribution in [3.8, 4) is 0 Å². The van der Waals surface area contributed by atoms with Crippen LogP contribution in [-0.2, 0) is 11.2 Å². The molecule has 3 nitrogen and oxygen atoms in total. The minimum absolute atomic E-state index is 0.379. The van der Waals surface area contributed by atoms with Crippen molar-refractivity contribution in [2.24, 2.45) is 0 Å². The fraction of sp³-hybridized carbons (Fsp3) is 0.750. The molecule has 0 aliphatic carbocycles. The van der Waals surface area contributed by atoms with Gasteiger partial charge in [-0.2, -0.15) is 11.3 Å². The summed E-state index contributed by atoms with van der Waals surface area (Å²) in [7, 11) is 0. The molecule has 0 fully saturated rings. The average molecular weight is 299 g/mol.